The molecule has 4 aliphatic rings. The smallest absolute Gasteiger partial charge is 0.00153 e. The van der Waals surface area contributed by atoms with Crippen LogP contribution in [0.2, 0.25) is 0 Å². The SMILES string of the molecule is CCCC(CNCC)C12CC3CC(CC(C3)C1)C2.Cl. The van der Waals surface area contributed by atoms with E-state index in [0.717, 1.165) is 35.6 Å². The molecule has 4 bridgehead atoms. The topological polar surface area (TPSA) is 12.0 Å². The second-order valence-electron chi connectivity index (χ2n) is 7.57. The highest BCUT2D eigenvalue weighted by atomic mass is 35.5. The minimum Gasteiger partial charge on any atom is -0.317 e. The molecule has 19 heavy (non-hydrogen) atoms. The van der Waals surface area contributed by atoms with Gasteiger partial charge in [-0.25, -0.2) is 0 Å². The molecular formula is C17H32ClN. The predicted octanol–water partition coefficient (Wildman–Crippen LogP) is 4.65. The minimum atomic E-state index is 0. The molecule has 0 spiro atoms. The largest absolute Gasteiger partial charge is 0.317 e. The van der Waals surface area contributed by atoms with E-state index in [1.165, 1.54) is 19.4 Å². The van der Waals surface area contributed by atoms with Crippen molar-refractivity contribution in [2.75, 3.05) is 13.1 Å². The van der Waals surface area contributed by atoms with Crippen molar-refractivity contribution >= 4 is 12.4 Å². The van der Waals surface area contributed by atoms with E-state index in [4.69, 9.17) is 0 Å². The average molecular weight is 286 g/mol. The average Bonchev–Trinajstić information content (AvgIpc) is 2.32. The van der Waals surface area contributed by atoms with Crippen LogP contribution in [0.4, 0.5) is 0 Å². The Morgan fingerprint density at radius 1 is 1.00 bits per heavy atom. The highest BCUT2D eigenvalue weighted by Gasteiger charge is 2.53. The maximum absolute atomic E-state index is 3.66. The van der Waals surface area contributed by atoms with Gasteiger partial charge in [-0.1, -0.05) is 20.3 Å². The summed E-state index contributed by atoms with van der Waals surface area (Å²) in [4.78, 5) is 0. The fourth-order valence-electron chi connectivity index (χ4n) is 5.97. The number of hydrogen-bond donors (Lipinski definition) is 1. The summed E-state index contributed by atoms with van der Waals surface area (Å²) < 4.78 is 0. The fourth-order valence-corrected chi connectivity index (χ4v) is 5.97. The van der Waals surface area contributed by atoms with Crippen LogP contribution < -0.4 is 5.32 Å². The molecule has 4 rings (SSSR count). The molecule has 4 saturated carbocycles. The molecule has 0 aromatic rings. The number of halogens is 1. The first-order valence-corrected chi connectivity index (χ1v) is 8.46. The van der Waals surface area contributed by atoms with Crippen LogP contribution in [-0.2, 0) is 0 Å². The lowest BCUT2D eigenvalue weighted by molar-refractivity contribution is -0.0885. The highest BCUT2D eigenvalue weighted by Crippen LogP contribution is 2.63. The van der Waals surface area contributed by atoms with Gasteiger partial charge < -0.3 is 5.32 Å². The third kappa shape index (κ3) is 2.97. The van der Waals surface area contributed by atoms with Crippen molar-refractivity contribution < 1.29 is 0 Å². The maximum atomic E-state index is 3.66. The van der Waals surface area contributed by atoms with Crippen molar-refractivity contribution in [2.24, 2.45) is 29.1 Å². The molecule has 112 valence electrons. The maximum Gasteiger partial charge on any atom is -0.00153 e. The van der Waals surface area contributed by atoms with Gasteiger partial charge in [-0.05, 0) is 87.1 Å². The summed E-state index contributed by atoms with van der Waals surface area (Å²) >= 11 is 0. The Hall–Kier alpha value is 0.250. The summed E-state index contributed by atoms with van der Waals surface area (Å²) in [5.74, 6) is 4.29. The molecule has 1 atom stereocenters. The van der Waals surface area contributed by atoms with Crippen molar-refractivity contribution in [3.05, 3.63) is 0 Å². The Labute approximate surface area is 125 Å². The first-order chi connectivity index (χ1) is 8.75. The van der Waals surface area contributed by atoms with Crippen molar-refractivity contribution in [1.29, 1.82) is 0 Å². The number of nitrogens with one attached hydrogen (secondary N) is 1. The van der Waals surface area contributed by atoms with E-state index in [9.17, 15) is 0 Å². The summed E-state index contributed by atoms with van der Waals surface area (Å²) in [5.41, 5.74) is 0.757. The second kappa shape index (κ2) is 6.35. The predicted molar refractivity (Wildman–Crippen MR) is 84.8 cm³/mol. The van der Waals surface area contributed by atoms with Gasteiger partial charge in [-0.15, -0.1) is 12.4 Å². The van der Waals surface area contributed by atoms with Crippen LogP contribution in [0.25, 0.3) is 0 Å². The zero-order chi connectivity index (χ0) is 12.6. The Bertz CT molecular complexity index is 254. The van der Waals surface area contributed by atoms with Gasteiger partial charge in [0.2, 0.25) is 0 Å². The lowest BCUT2D eigenvalue weighted by Gasteiger charge is -2.60. The van der Waals surface area contributed by atoms with Gasteiger partial charge in [-0.2, -0.15) is 0 Å². The van der Waals surface area contributed by atoms with Crippen LogP contribution in [0.1, 0.15) is 65.2 Å². The molecule has 4 fully saturated rings. The molecule has 2 heteroatoms. The van der Waals surface area contributed by atoms with Gasteiger partial charge in [0.15, 0.2) is 0 Å². The molecule has 0 amide bonds. The lowest BCUT2D eigenvalue weighted by Crippen LogP contribution is -2.51. The number of rotatable bonds is 6. The summed E-state index contributed by atoms with van der Waals surface area (Å²) in [6, 6.07) is 0. The lowest BCUT2D eigenvalue weighted by atomic mass is 9.46. The zero-order valence-electron chi connectivity index (χ0n) is 12.8. The van der Waals surface area contributed by atoms with Gasteiger partial charge in [-0.3, -0.25) is 0 Å². The van der Waals surface area contributed by atoms with Gasteiger partial charge >= 0.3 is 0 Å². The Kier molecular flexibility index (Phi) is 5.22. The standard InChI is InChI=1S/C17H31N.ClH/c1-3-5-16(12-18-4-2)17-9-13-6-14(10-17)8-15(7-13)11-17;/h13-16,18H,3-12H2,1-2H3;1H. The molecule has 0 heterocycles. The second-order valence-corrected chi connectivity index (χ2v) is 7.57. The molecule has 4 aliphatic carbocycles. The van der Waals surface area contributed by atoms with E-state index in [0.29, 0.717) is 0 Å². The van der Waals surface area contributed by atoms with Crippen molar-refractivity contribution in [2.45, 2.75) is 65.2 Å². The third-order valence-corrected chi connectivity index (χ3v) is 6.23. The van der Waals surface area contributed by atoms with Gasteiger partial charge in [0.25, 0.3) is 0 Å². The Balaban J connectivity index is 0.00000133. The van der Waals surface area contributed by atoms with Crippen LogP contribution in [0, 0.1) is 29.1 Å². The summed E-state index contributed by atoms with van der Waals surface area (Å²) in [5, 5.41) is 3.66. The normalized spacial score (nSPS) is 41.1. The third-order valence-electron chi connectivity index (χ3n) is 6.23. The molecule has 1 unspecified atom stereocenters. The van der Waals surface area contributed by atoms with E-state index >= 15 is 0 Å². The molecule has 0 aliphatic heterocycles. The van der Waals surface area contributed by atoms with Crippen LogP contribution in [0.5, 0.6) is 0 Å². The van der Waals surface area contributed by atoms with Crippen molar-refractivity contribution in [3.63, 3.8) is 0 Å². The summed E-state index contributed by atoms with van der Waals surface area (Å²) in [6.07, 6.45) is 12.3. The van der Waals surface area contributed by atoms with E-state index in [-0.39, 0.29) is 12.4 Å². The minimum absolute atomic E-state index is 0. The van der Waals surface area contributed by atoms with Gasteiger partial charge in [0.1, 0.15) is 0 Å². The van der Waals surface area contributed by atoms with Crippen molar-refractivity contribution in [3.8, 4) is 0 Å². The first-order valence-electron chi connectivity index (χ1n) is 8.46. The van der Waals surface area contributed by atoms with Gasteiger partial charge in [0, 0.05) is 0 Å². The van der Waals surface area contributed by atoms with E-state index in [1.807, 2.05) is 0 Å². The fraction of sp³-hybridized carbons (Fsp3) is 1.00. The molecule has 0 aromatic heterocycles. The first kappa shape index (κ1) is 15.6. The molecule has 1 N–H and O–H groups in total. The molecular weight excluding hydrogens is 254 g/mol. The van der Waals surface area contributed by atoms with E-state index in [1.54, 1.807) is 38.5 Å². The monoisotopic (exact) mass is 285 g/mol. The van der Waals surface area contributed by atoms with Crippen molar-refractivity contribution in [1.82, 2.24) is 5.32 Å². The van der Waals surface area contributed by atoms with E-state index < -0.39 is 0 Å². The molecule has 0 saturated heterocycles. The van der Waals surface area contributed by atoms with E-state index in [2.05, 4.69) is 19.2 Å². The van der Waals surface area contributed by atoms with Crippen LogP contribution in [0.15, 0.2) is 0 Å². The molecule has 1 nitrogen and oxygen atoms in total. The Morgan fingerprint density at radius 2 is 1.53 bits per heavy atom. The molecule has 0 radical (unpaired) electrons. The van der Waals surface area contributed by atoms with Crippen LogP contribution in [-0.4, -0.2) is 13.1 Å². The number of hydrogen-bond acceptors (Lipinski definition) is 1. The molecule has 0 aromatic carbocycles. The van der Waals surface area contributed by atoms with Gasteiger partial charge in [0.05, 0.1) is 0 Å². The Morgan fingerprint density at radius 3 is 1.95 bits per heavy atom. The summed E-state index contributed by atoms with van der Waals surface area (Å²) in [7, 11) is 0. The zero-order valence-corrected chi connectivity index (χ0v) is 13.6. The highest BCUT2D eigenvalue weighted by molar-refractivity contribution is 5.85. The summed E-state index contributed by atoms with van der Waals surface area (Å²) in [6.45, 7) is 7.06. The quantitative estimate of drug-likeness (QED) is 0.749. The van der Waals surface area contributed by atoms with Crippen LogP contribution in [0.3, 0.4) is 0 Å². The van der Waals surface area contributed by atoms with Crippen LogP contribution >= 0.6 is 12.4 Å².